The van der Waals surface area contributed by atoms with Gasteiger partial charge in [0, 0.05) is 10.9 Å². The predicted octanol–water partition coefficient (Wildman–Crippen LogP) is 2.78. The molecular weight excluding hydrogens is 272 g/mol. The number of methoxy groups -OCH3 is 2. The Bertz CT molecular complexity index is 369. The van der Waals surface area contributed by atoms with Gasteiger partial charge >= 0.3 is 0 Å². The van der Waals surface area contributed by atoms with Crippen molar-refractivity contribution in [2.75, 3.05) is 14.2 Å². The van der Waals surface area contributed by atoms with E-state index in [4.69, 9.17) is 9.47 Å². The summed E-state index contributed by atoms with van der Waals surface area (Å²) in [7, 11) is 3.19. The summed E-state index contributed by atoms with van der Waals surface area (Å²) in [4.78, 5) is 0. The van der Waals surface area contributed by atoms with Crippen LogP contribution in [0.5, 0.6) is 11.5 Å². The number of aliphatic hydroxyl groups is 1. The maximum Gasteiger partial charge on any atom is 0.161 e. The molecule has 0 heterocycles. The summed E-state index contributed by atoms with van der Waals surface area (Å²) in [6.07, 6.45) is 0.550. The molecule has 1 aromatic carbocycles. The largest absolute Gasteiger partial charge is 0.493 e. The SMILES string of the molecule is COc1cc(Br)c(CC(C)(C)O)cc1OC. The first kappa shape index (κ1) is 13.3. The molecule has 4 heteroatoms. The van der Waals surface area contributed by atoms with Crippen LogP contribution in [0.3, 0.4) is 0 Å². The number of halogens is 1. The molecule has 0 radical (unpaired) electrons. The number of benzene rings is 1. The zero-order chi connectivity index (χ0) is 12.3. The maximum atomic E-state index is 9.79. The van der Waals surface area contributed by atoms with Crippen LogP contribution in [0.1, 0.15) is 19.4 Å². The Morgan fingerprint density at radius 1 is 1.19 bits per heavy atom. The smallest absolute Gasteiger partial charge is 0.161 e. The van der Waals surface area contributed by atoms with Crippen LogP contribution in [-0.4, -0.2) is 24.9 Å². The first-order chi connectivity index (χ1) is 7.37. The van der Waals surface area contributed by atoms with Crippen LogP contribution in [0.4, 0.5) is 0 Å². The van der Waals surface area contributed by atoms with Gasteiger partial charge in [0.1, 0.15) is 0 Å². The van der Waals surface area contributed by atoms with Crippen molar-refractivity contribution in [2.24, 2.45) is 0 Å². The van der Waals surface area contributed by atoms with Crippen LogP contribution in [0.25, 0.3) is 0 Å². The average Bonchev–Trinajstić information content (AvgIpc) is 2.18. The third-order valence-corrected chi connectivity index (χ3v) is 2.91. The van der Waals surface area contributed by atoms with E-state index < -0.39 is 5.60 Å². The monoisotopic (exact) mass is 288 g/mol. The van der Waals surface area contributed by atoms with Gasteiger partial charge in [-0.25, -0.2) is 0 Å². The molecule has 0 fully saturated rings. The van der Waals surface area contributed by atoms with Crippen LogP contribution in [0, 0.1) is 0 Å². The summed E-state index contributed by atoms with van der Waals surface area (Å²) in [5.74, 6) is 1.35. The average molecular weight is 289 g/mol. The van der Waals surface area contributed by atoms with Gasteiger partial charge < -0.3 is 14.6 Å². The third kappa shape index (κ3) is 3.39. The Balaban J connectivity index is 3.11. The van der Waals surface area contributed by atoms with E-state index in [1.807, 2.05) is 12.1 Å². The number of hydrogen-bond donors (Lipinski definition) is 1. The Hall–Kier alpha value is -0.740. The molecule has 0 saturated carbocycles. The lowest BCUT2D eigenvalue weighted by Crippen LogP contribution is -2.22. The normalized spacial score (nSPS) is 11.4. The van der Waals surface area contributed by atoms with Crippen molar-refractivity contribution in [3.63, 3.8) is 0 Å². The zero-order valence-electron chi connectivity index (χ0n) is 10.0. The molecule has 16 heavy (non-hydrogen) atoms. The second kappa shape index (κ2) is 5.06. The van der Waals surface area contributed by atoms with Crippen LogP contribution in [0.15, 0.2) is 16.6 Å². The highest BCUT2D eigenvalue weighted by atomic mass is 79.9. The predicted molar refractivity (Wildman–Crippen MR) is 67.2 cm³/mol. The van der Waals surface area contributed by atoms with E-state index in [0.717, 1.165) is 10.0 Å². The van der Waals surface area contributed by atoms with Crippen LogP contribution < -0.4 is 9.47 Å². The molecule has 0 unspecified atom stereocenters. The minimum Gasteiger partial charge on any atom is -0.493 e. The Labute approximate surface area is 105 Å². The van der Waals surface area contributed by atoms with Gasteiger partial charge in [-0.2, -0.15) is 0 Å². The molecule has 0 aliphatic rings. The fourth-order valence-corrected chi connectivity index (χ4v) is 1.96. The zero-order valence-corrected chi connectivity index (χ0v) is 11.6. The van der Waals surface area contributed by atoms with E-state index in [1.54, 1.807) is 28.1 Å². The lowest BCUT2D eigenvalue weighted by Gasteiger charge is -2.19. The van der Waals surface area contributed by atoms with Crippen molar-refractivity contribution in [3.05, 3.63) is 22.2 Å². The van der Waals surface area contributed by atoms with Crippen molar-refractivity contribution in [3.8, 4) is 11.5 Å². The summed E-state index contributed by atoms with van der Waals surface area (Å²) < 4.78 is 11.3. The van der Waals surface area contributed by atoms with E-state index in [-0.39, 0.29) is 0 Å². The molecule has 0 spiro atoms. The van der Waals surface area contributed by atoms with Gasteiger partial charge in [0.25, 0.3) is 0 Å². The highest BCUT2D eigenvalue weighted by Crippen LogP contribution is 2.34. The van der Waals surface area contributed by atoms with Gasteiger partial charge in [-0.05, 0) is 31.5 Å². The molecule has 0 bridgehead atoms. The fourth-order valence-electron chi connectivity index (χ4n) is 1.50. The fraction of sp³-hybridized carbons (Fsp3) is 0.500. The second-order valence-electron chi connectivity index (χ2n) is 4.29. The van der Waals surface area contributed by atoms with E-state index in [2.05, 4.69) is 15.9 Å². The number of ether oxygens (including phenoxy) is 2. The molecule has 0 aliphatic heterocycles. The first-order valence-corrected chi connectivity index (χ1v) is 5.79. The second-order valence-corrected chi connectivity index (χ2v) is 5.14. The molecule has 0 atom stereocenters. The Morgan fingerprint density at radius 3 is 2.12 bits per heavy atom. The molecule has 0 amide bonds. The molecule has 1 N–H and O–H groups in total. The van der Waals surface area contributed by atoms with Crippen molar-refractivity contribution in [2.45, 2.75) is 25.9 Å². The van der Waals surface area contributed by atoms with E-state index >= 15 is 0 Å². The van der Waals surface area contributed by atoms with E-state index in [9.17, 15) is 5.11 Å². The molecule has 0 saturated heterocycles. The maximum absolute atomic E-state index is 9.79. The van der Waals surface area contributed by atoms with Gasteiger partial charge in [-0.15, -0.1) is 0 Å². The first-order valence-electron chi connectivity index (χ1n) is 5.00. The molecule has 90 valence electrons. The lowest BCUT2D eigenvalue weighted by atomic mass is 9.98. The van der Waals surface area contributed by atoms with Crippen molar-refractivity contribution >= 4 is 15.9 Å². The minimum atomic E-state index is -0.748. The van der Waals surface area contributed by atoms with Gasteiger partial charge in [0.15, 0.2) is 11.5 Å². The third-order valence-electron chi connectivity index (χ3n) is 2.18. The summed E-state index contributed by atoms with van der Waals surface area (Å²) in [5, 5.41) is 9.79. The molecule has 0 aromatic heterocycles. The van der Waals surface area contributed by atoms with E-state index in [1.165, 1.54) is 0 Å². The van der Waals surface area contributed by atoms with Crippen molar-refractivity contribution in [1.29, 1.82) is 0 Å². The number of rotatable bonds is 4. The molecule has 1 aromatic rings. The Kier molecular flexibility index (Phi) is 4.21. The minimum absolute atomic E-state index is 0.550. The van der Waals surface area contributed by atoms with Crippen molar-refractivity contribution < 1.29 is 14.6 Å². The van der Waals surface area contributed by atoms with E-state index in [0.29, 0.717) is 17.9 Å². The van der Waals surface area contributed by atoms with Crippen molar-refractivity contribution in [1.82, 2.24) is 0 Å². The topological polar surface area (TPSA) is 38.7 Å². The summed E-state index contributed by atoms with van der Waals surface area (Å²) in [5.41, 5.74) is 0.243. The quantitative estimate of drug-likeness (QED) is 0.926. The molecule has 3 nitrogen and oxygen atoms in total. The van der Waals surface area contributed by atoms with Gasteiger partial charge in [-0.3, -0.25) is 0 Å². The molecule has 0 aliphatic carbocycles. The lowest BCUT2D eigenvalue weighted by molar-refractivity contribution is 0.0807. The molecule has 1 rings (SSSR count). The summed E-state index contributed by atoms with van der Waals surface area (Å²) in [6.45, 7) is 3.55. The Morgan fingerprint density at radius 2 is 1.69 bits per heavy atom. The van der Waals surface area contributed by atoms with Crippen LogP contribution in [0.2, 0.25) is 0 Å². The highest BCUT2D eigenvalue weighted by molar-refractivity contribution is 9.10. The summed E-state index contributed by atoms with van der Waals surface area (Å²) >= 11 is 3.46. The highest BCUT2D eigenvalue weighted by Gasteiger charge is 2.17. The van der Waals surface area contributed by atoms with Gasteiger partial charge in [0.05, 0.1) is 19.8 Å². The molecular formula is C12H17BrO3. The van der Waals surface area contributed by atoms with Gasteiger partial charge in [-0.1, -0.05) is 15.9 Å². The van der Waals surface area contributed by atoms with Crippen LogP contribution in [-0.2, 0) is 6.42 Å². The number of hydrogen-bond acceptors (Lipinski definition) is 3. The van der Waals surface area contributed by atoms with Gasteiger partial charge in [0.2, 0.25) is 0 Å². The van der Waals surface area contributed by atoms with Crippen LogP contribution >= 0.6 is 15.9 Å². The standard InChI is InChI=1S/C12H17BrO3/c1-12(2,14)7-8-5-10(15-3)11(16-4)6-9(8)13/h5-6,14H,7H2,1-4H3. The summed E-state index contributed by atoms with van der Waals surface area (Å²) in [6, 6.07) is 3.72.